The lowest BCUT2D eigenvalue weighted by Gasteiger charge is -2.32. The molecule has 2 rings (SSSR count). The highest BCUT2D eigenvalue weighted by Crippen LogP contribution is 2.21. The quantitative estimate of drug-likeness (QED) is 0.900. The number of carboxylic acids is 1. The molecule has 1 aliphatic rings. The van der Waals surface area contributed by atoms with Crippen LogP contribution in [-0.2, 0) is 9.53 Å². The summed E-state index contributed by atoms with van der Waals surface area (Å²) in [6.45, 7) is 2.83. The summed E-state index contributed by atoms with van der Waals surface area (Å²) in [6.07, 6.45) is 1.27. The van der Waals surface area contributed by atoms with Gasteiger partial charge in [0.25, 0.3) is 5.91 Å². The van der Waals surface area contributed by atoms with E-state index in [0.717, 1.165) is 10.0 Å². The normalized spacial score (nSPS) is 16.0. The third kappa shape index (κ3) is 4.28. The van der Waals surface area contributed by atoms with Crippen molar-refractivity contribution >= 4 is 27.8 Å². The van der Waals surface area contributed by atoms with Crippen LogP contribution in [0.2, 0.25) is 0 Å². The Labute approximate surface area is 132 Å². The van der Waals surface area contributed by atoms with Crippen LogP contribution in [0.1, 0.15) is 28.8 Å². The number of benzene rings is 1. The summed E-state index contributed by atoms with van der Waals surface area (Å²) < 4.78 is 6.16. The van der Waals surface area contributed by atoms with Crippen LogP contribution in [0.4, 0.5) is 0 Å². The maximum Gasteiger partial charge on any atom is 0.329 e. The Hall–Kier alpha value is -1.40. The molecule has 1 aromatic rings. The highest BCUT2D eigenvalue weighted by atomic mass is 79.9. The maximum absolute atomic E-state index is 12.5. The van der Waals surface area contributed by atoms with E-state index in [9.17, 15) is 9.59 Å². The summed E-state index contributed by atoms with van der Waals surface area (Å²) >= 11 is 3.39. The molecule has 1 fully saturated rings. The average Bonchev–Trinajstić information content (AvgIpc) is 2.47. The molecule has 0 atom stereocenters. The van der Waals surface area contributed by atoms with E-state index in [2.05, 4.69) is 15.9 Å². The second-order valence-electron chi connectivity index (χ2n) is 5.16. The predicted molar refractivity (Wildman–Crippen MR) is 81.4 cm³/mol. The molecule has 114 valence electrons. The number of ether oxygens (including phenoxy) is 1. The zero-order chi connectivity index (χ0) is 15.4. The zero-order valence-corrected chi connectivity index (χ0v) is 13.4. The van der Waals surface area contributed by atoms with Crippen molar-refractivity contribution in [1.82, 2.24) is 4.90 Å². The van der Waals surface area contributed by atoms with E-state index in [-0.39, 0.29) is 18.6 Å². The number of aliphatic carboxylic acids is 1. The van der Waals surface area contributed by atoms with Gasteiger partial charge in [-0.3, -0.25) is 4.79 Å². The second kappa shape index (κ2) is 7.04. The molecule has 1 amide bonds. The standard InChI is InChI=1S/C15H18BrNO4/c1-10-2-3-11(16)8-13(10)15(20)17-6-4-12(5-7-17)21-9-14(18)19/h2-3,8,12H,4-7,9H2,1H3,(H,18,19). The van der Waals surface area contributed by atoms with E-state index in [1.54, 1.807) is 4.90 Å². The smallest absolute Gasteiger partial charge is 0.329 e. The van der Waals surface area contributed by atoms with Crippen molar-refractivity contribution in [3.05, 3.63) is 33.8 Å². The Kier molecular flexibility index (Phi) is 5.36. The minimum atomic E-state index is -0.960. The van der Waals surface area contributed by atoms with Gasteiger partial charge in [0.1, 0.15) is 6.61 Å². The van der Waals surface area contributed by atoms with Crippen molar-refractivity contribution in [2.45, 2.75) is 25.9 Å². The van der Waals surface area contributed by atoms with Crippen molar-refractivity contribution in [3.8, 4) is 0 Å². The van der Waals surface area contributed by atoms with E-state index in [0.29, 0.717) is 31.5 Å². The summed E-state index contributed by atoms with van der Waals surface area (Å²) in [5, 5.41) is 8.60. The van der Waals surface area contributed by atoms with Gasteiger partial charge in [0.05, 0.1) is 6.10 Å². The SMILES string of the molecule is Cc1ccc(Br)cc1C(=O)N1CCC(OCC(=O)O)CC1. The van der Waals surface area contributed by atoms with Crippen molar-refractivity contribution in [3.63, 3.8) is 0 Å². The summed E-state index contributed by atoms with van der Waals surface area (Å²) in [5.41, 5.74) is 1.65. The molecular formula is C15H18BrNO4. The molecule has 1 aliphatic heterocycles. The number of halogens is 1. The number of carbonyl (C=O) groups is 2. The molecule has 0 bridgehead atoms. The summed E-state index contributed by atoms with van der Waals surface area (Å²) in [6, 6.07) is 5.67. The third-order valence-corrected chi connectivity index (χ3v) is 4.09. The van der Waals surface area contributed by atoms with Crippen molar-refractivity contribution in [2.24, 2.45) is 0 Å². The molecule has 0 saturated carbocycles. The van der Waals surface area contributed by atoms with Gasteiger partial charge in [-0.05, 0) is 37.5 Å². The number of aryl methyl sites for hydroxylation is 1. The molecule has 0 unspecified atom stereocenters. The summed E-state index contributed by atoms with van der Waals surface area (Å²) in [7, 11) is 0. The number of piperidine rings is 1. The lowest BCUT2D eigenvalue weighted by Crippen LogP contribution is -2.41. The molecule has 0 aromatic heterocycles. The first-order valence-corrected chi connectivity index (χ1v) is 7.65. The van der Waals surface area contributed by atoms with Gasteiger partial charge in [-0.2, -0.15) is 0 Å². The zero-order valence-electron chi connectivity index (χ0n) is 11.8. The van der Waals surface area contributed by atoms with Gasteiger partial charge >= 0.3 is 5.97 Å². The van der Waals surface area contributed by atoms with Gasteiger partial charge in [-0.15, -0.1) is 0 Å². The number of nitrogens with zero attached hydrogens (tertiary/aromatic N) is 1. The van der Waals surface area contributed by atoms with Crippen LogP contribution in [-0.4, -0.2) is 47.7 Å². The fourth-order valence-corrected chi connectivity index (χ4v) is 2.77. The Morgan fingerprint density at radius 1 is 1.38 bits per heavy atom. The van der Waals surface area contributed by atoms with Gasteiger partial charge in [-0.1, -0.05) is 22.0 Å². The predicted octanol–water partition coefficient (Wildman–Crippen LogP) is 2.46. The lowest BCUT2D eigenvalue weighted by atomic mass is 10.0. The van der Waals surface area contributed by atoms with Crippen molar-refractivity contribution in [1.29, 1.82) is 0 Å². The minimum absolute atomic E-state index is 0.0190. The number of hydrogen-bond acceptors (Lipinski definition) is 3. The molecule has 21 heavy (non-hydrogen) atoms. The van der Waals surface area contributed by atoms with E-state index in [1.807, 2.05) is 25.1 Å². The van der Waals surface area contributed by atoms with E-state index in [4.69, 9.17) is 9.84 Å². The van der Waals surface area contributed by atoms with Crippen LogP contribution in [0.3, 0.4) is 0 Å². The maximum atomic E-state index is 12.5. The molecule has 1 saturated heterocycles. The van der Waals surface area contributed by atoms with Crippen LogP contribution in [0, 0.1) is 6.92 Å². The minimum Gasteiger partial charge on any atom is -0.480 e. The lowest BCUT2D eigenvalue weighted by molar-refractivity contribution is -0.145. The van der Waals surface area contributed by atoms with Gasteiger partial charge in [-0.25, -0.2) is 4.79 Å². The van der Waals surface area contributed by atoms with Crippen molar-refractivity contribution in [2.75, 3.05) is 19.7 Å². The second-order valence-corrected chi connectivity index (χ2v) is 6.07. The molecule has 1 aromatic carbocycles. The molecular weight excluding hydrogens is 338 g/mol. The Balaban J connectivity index is 1.94. The number of carbonyl (C=O) groups excluding carboxylic acids is 1. The topological polar surface area (TPSA) is 66.8 Å². The average molecular weight is 356 g/mol. The van der Waals surface area contributed by atoms with E-state index >= 15 is 0 Å². The van der Waals surface area contributed by atoms with Gasteiger partial charge in [0.15, 0.2) is 0 Å². The molecule has 1 heterocycles. The number of amides is 1. The Bertz CT molecular complexity index is 538. The molecule has 0 spiro atoms. The summed E-state index contributed by atoms with van der Waals surface area (Å²) in [4.78, 5) is 24.8. The Morgan fingerprint density at radius 3 is 2.67 bits per heavy atom. The number of carboxylic acid groups (broad SMARTS) is 1. The molecule has 0 aliphatic carbocycles. The monoisotopic (exact) mass is 355 g/mol. The van der Waals surface area contributed by atoms with E-state index in [1.165, 1.54) is 0 Å². The first-order chi connectivity index (χ1) is 9.97. The highest BCUT2D eigenvalue weighted by Gasteiger charge is 2.25. The van der Waals surface area contributed by atoms with Gasteiger partial charge in [0.2, 0.25) is 0 Å². The highest BCUT2D eigenvalue weighted by molar-refractivity contribution is 9.10. The Morgan fingerprint density at radius 2 is 2.05 bits per heavy atom. The molecule has 6 heteroatoms. The fraction of sp³-hybridized carbons (Fsp3) is 0.467. The van der Waals surface area contributed by atoms with Crippen LogP contribution in [0.25, 0.3) is 0 Å². The number of rotatable bonds is 4. The molecule has 5 nitrogen and oxygen atoms in total. The first kappa shape index (κ1) is 16.0. The molecule has 0 radical (unpaired) electrons. The summed E-state index contributed by atoms with van der Waals surface area (Å²) in [5.74, 6) is -0.941. The van der Waals surface area contributed by atoms with Crippen LogP contribution in [0.15, 0.2) is 22.7 Å². The van der Waals surface area contributed by atoms with Crippen LogP contribution in [0.5, 0.6) is 0 Å². The first-order valence-electron chi connectivity index (χ1n) is 6.86. The number of likely N-dealkylation sites (tertiary alicyclic amines) is 1. The fourth-order valence-electron chi connectivity index (χ4n) is 2.41. The third-order valence-electron chi connectivity index (χ3n) is 3.60. The largest absolute Gasteiger partial charge is 0.480 e. The van der Waals surface area contributed by atoms with Crippen LogP contribution >= 0.6 is 15.9 Å². The number of hydrogen-bond donors (Lipinski definition) is 1. The van der Waals surface area contributed by atoms with Crippen LogP contribution < -0.4 is 0 Å². The van der Waals surface area contributed by atoms with E-state index < -0.39 is 5.97 Å². The van der Waals surface area contributed by atoms with Gasteiger partial charge in [0, 0.05) is 23.1 Å². The van der Waals surface area contributed by atoms with Gasteiger partial charge < -0.3 is 14.7 Å². The van der Waals surface area contributed by atoms with Crippen molar-refractivity contribution < 1.29 is 19.4 Å². The molecule has 1 N–H and O–H groups in total.